The Kier molecular flexibility index (Phi) is 14.5. The molecule has 0 saturated carbocycles. The number of hydrogen-bond acceptors (Lipinski definition) is 0. The van der Waals surface area contributed by atoms with Crippen LogP contribution in [0.2, 0.25) is 0 Å². The molecule has 0 rings (SSSR count). The highest BCUT2D eigenvalue weighted by molar-refractivity contribution is 4.42. The Bertz CT molecular complexity index is 130. The molecule has 0 heterocycles. The van der Waals surface area contributed by atoms with Gasteiger partial charge in [0.25, 0.3) is 0 Å². The number of halogens is 2. The van der Waals surface area contributed by atoms with E-state index in [1.807, 2.05) is 0 Å². The molecular weight excluding hydrogens is 426 g/mol. The summed E-state index contributed by atoms with van der Waals surface area (Å²) in [7, 11) is 13.6. The van der Waals surface area contributed by atoms with Crippen LogP contribution in [0.1, 0.15) is 25.7 Å². The highest BCUT2D eigenvalue weighted by Crippen LogP contribution is 2.05. The van der Waals surface area contributed by atoms with Gasteiger partial charge in [-0.1, -0.05) is 0 Å². The van der Waals surface area contributed by atoms with E-state index in [-0.39, 0.29) is 48.0 Å². The van der Waals surface area contributed by atoms with E-state index < -0.39 is 0 Å². The first kappa shape index (κ1) is 22.6. The molecule has 0 aromatic rings. The number of quaternary nitrogens is 2. The van der Waals surface area contributed by atoms with Gasteiger partial charge in [-0.15, -0.1) is 0 Å². The summed E-state index contributed by atoms with van der Waals surface area (Å²) in [5, 5.41) is 0. The maximum atomic E-state index is 2.27. The molecule has 0 aliphatic heterocycles. The van der Waals surface area contributed by atoms with Crippen LogP contribution >= 0.6 is 0 Å². The van der Waals surface area contributed by atoms with Crippen molar-refractivity contribution >= 4 is 0 Å². The zero-order chi connectivity index (χ0) is 11.2. The lowest BCUT2D eigenvalue weighted by Crippen LogP contribution is -3.00. The molecule has 0 bridgehead atoms. The highest BCUT2D eigenvalue weighted by atomic mass is 127. The Morgan fingerprint density at radius 3 is 0.938 bits per heavy atom. The van der Waals surface area contributed by atoms with Crippen molar-refractivity contribution < 1.29 is 56.9 Å². The van der Waals surface area contributed by atoms with Crippen LogP contribution in [0.3, 0.4) is 0 Å². The van der Waals surface area contributed by atoms with Gasteiger partial charge >= 0.3 is 0 Å². The largest absolute Gasteiger partial charge is 1.00 e. The smallest absolute Gasteiger partial charge is 0.0780 e. The van der Waals surface area contributed by atoms with E-state index in [2.05, 4.69) is 42.3 Å². The van der Waals surface area contributed by atoms with Gasteiger partial charge in [-0.3, -0.25) is 0 Å². The Balaban J connectivity index is -0.000000845. The fourth-order valence-electron chi connectivity index (χ4n) is 1.53. The van der Waals surface area contributed by atoms with Gasteiger partial charge in [-0.2, -0.15) is 0 Å². The minimum absolute atomic E-state index is 0. The summed E-state index contributed by atoms with van der Waals surface area (Å²) in [5.74, 6) is 0. The number of hydrogen-bond donors (Lipinski definition) is 0. The first-order valence-corrected chi connectivity index (χ1v) is 5.82. The molecule has 102 valence electrons. The highest BCUT2D eigenvalue weighted by Gasteiger charge is 2.07. The number of nitrogens with zero attached hydrogens (tertiary/aromatic N) is 2. The van der Waals surface area contributed by atoms with E-state index in [1.54, 1.807) is 0 Å². The minimum atomic E-state index is 0. The Hall–Kier alpha value is 1.38. The summed E-state index contributed by atoms with van der Waals surface area (Å²) >= 11 is 0. The SMILES string of the molecule is C[N+](C)(C)CCCCCC[N+](C)(C)C.[I-].[I-]. The first-order valence-electron chi connectivity index (χ1n) is 5.82. The van der Waals surface area contributed by atoms with Crippen LogP contribution < -0.4 is 48.0 Å². The summed E-state index contributed by atoms with van der Waals surface area (Å²) in [6.07, 6.45) is 5.55. The summed E-state index contributed by atoms with van der Waals surface area (Å²) < 4.78 is 2.21. The van der Waals surface area contributed by atoms with E-state index in [1.165, 1.54) is 38.8 Å². The van der Waals surface area contributed by atoms with Crippen LogP contribution in [0.25, 0.3) is 0 Å². The van der Waals surface area contributed by atoms with Crippen molar-refractivity contribution in [3.8, 4) is 0 Å². The summed E-state index contributed by atoms with van der Waals surface area (Å²) in [5.41, 5.74) is 0. The molecule has 0 amide bonds. The Labute approximate surface area is 137 Å². The molecule has 0 N–H and O–H groups in total. The predicted molar refractivity (Wildman–Crippen MR) is 64.3 cm³/mol. The third-order valence-electron chi connectivity index (χ3n) is 2.41. The van der Waals surface area contributed by atoms with Gasteiger partial charge in [0.15, 0.2) is 0 Å². The van der Waals surface area contributed by atoms with Crippen molar-refractivity contribution in [2.45, 2.75) is 25.7 Å². The van der Waals surface area contributed by atoms with Crippen LogP contribution in [-0.2, 0) is 0 Å². The van der Waals surface area contributed by atoms with E-state index in [0.29, 0.717) is 0 Å². The molecule has 0 aliphatic carbocycles. The van der Waals surface area contributed by atoms with E-state index in [4.69, 9.17) is 0 Å². The van der Waals surface area contributed by atoms with Crippen molar-refractivity contribution in [3.05, 3.63) is 0 Å². The van der Waals surface area contributed by atoms with E-state index in [0.717, 1.165) is 8.97 Å². The van der Waals surface area contributed by atoms with Crippen LogP contribution in [0.4, 0.5) is 0 Å². The van der Waals surface area contributed by atoms with Gasteiger partial charge in [-0.05, 0) is 25.7 Å². The number of rotatable bonds is 7. The molecule has 0 fully saturated rings. The summed E-state index contributed by atoms with van der Waals surface area (Å²) in [4.78, 5) is 0. The normalized spacial score (nSPS) is 11.6. The minimum Gasteiger partial charge on any atom is -1.00 e. The van der Waals surface area contributed by atoms with Crippen molar-refractivity contribution in [2.75, 3.05) is 55.4 Å². The maximum Gasteiger partial charge on any atom is 0.0780 e. The second-order valence-electron chi connectivity index (χ2n) is 6.44. The number of unbranched alkanes of at least 4 members (excludes halogenated alkanes) is 3. The fourth-order valence-corrected chi connectivity index (χ4v) is 1.53. The molecule has 0 saturated heterocycles. The van der Waals surface area contributed by atoms with Gasteiger partial charge in [-0.25, -0.2) is 0 Å². The Morgan fingerprint density at radius 2 is 0.750 bits per heavy atom. The quantitative estimate of drug-likeness (QED) is 0.208. The topological polar surface area (TPSA) is 0 Å². The monoisotopic (exact) mass is 456 g/mol. The molecule has 0 aliphatic rings. The second kappa shape index (κ2) is 10.3. The average Bonchev–Trinajstić information content (AvgIpc) is 1.92. The third-order valence-corrected chi connectivity index (χ3v) is 2.41. The van der Waals surface area contributed by atoms with Crippen LogP contribution in [-0.4, -0.2) is 64.3 Å². The van der Waals surface area contributed by atoms with E-state index in [9.17, 15) is 0 Å². The van der Waals surface area contributed by atoms with Crippen molar-refractivity contribution in [1.82, 2.24) is 0 Å². The average molecular weight is 456 g/mol. The van der Waals surface area contributed by atoms with Crippen molar-refractivity contribution in [1.29, 1.82) is 0 Å². The molecule has 0 atom stereocenters. The standard InChI is InChI=1S/C12H30N2.2HI/c1-13(2,3)11-9-7-8-10-12-14(4,5)6;;/h7-12H2,1-6H3;2*1H/q+2;;/p-2. The molecular formula is C12H30I2N2. The molecule has 0 radical (unpaired) electrons. The molecule has 0 aromatic heterocycles. The molecule has 4 heteroatoms. The second-order valence-corrected chi connectivity index (χ2v) is 6.44. The van der Waals surface area contributed by atoms with Gasteiger partial charge in [0.2, 0.25) is 0 Å². The lowest BCUT2D eigenvalue weighted by Gasteiger charge is -2.25. The van der Waals surface area contributed by atoms with Crippen molar-refractivity contribution in [3.63, 3.8) is 0 Å². The lowest BCUT2D eigenvalue weighted by molar-refractivity contribution is -0.871. The zero-order valence-corrected chi connectivity index (χ0v) is 16.2. The van der Waals surface area contributed by atoms with Gasteiger partial charge in [0.1, 0.15) is 0 Å². The predicted octanol–water partition coefficient (Wildman–Crippen LogP) is -4.03. The molecule has 0 aromatic carbocycles. The summed E-state index contributed by atoms with van der Waals surface area (Å²) in [6.45, 7) is 2.62. The zero-order valence-electron chi connectivity index (χ0n) is 11.9. The van der Waals surface area contributed by atoms with Gasteiger partial charge in [0, 0.05) is 0 Å². The third kappa shape index (κ3) is 20.8. The van der Waals surface area contributed by atoms with Crippen LogP contribution in [0.15, 0.2) is 0 Å². The summed E-state index contributed by atoms with van der Waals surface area (Å²) in [6, 6.07) is 0. The van der Waals surface area contributed by atoms with Gasteiger partial charge in [0.05, 0.1) is 55.4 Å². The lowest BCUT2D eigenvalue weighted by atomic mass is 10.1. The van der Waals surface area contributed by atoms with Gasteiger partial charge < -0.3 is 56.9 Å². The molecule has 0 unspecified atom stereocenters. The fraction of sp³-hybridized carbons (Fsp3) is 1.00. The molecule has 16 heavy (non-hydrogen) atoms. The van der Waals surface area contributed by atoms with Crippen LogP contribution in [0, 0.1) is 0 Å². The van der Waals surface area contributed by atoms with E-state index >= 15 is 0 Å². The first-order chi connectivity index (χ1) is 6.21. The van der Waals surface area contributed by atoms with Crippen molar-refractivity contribution in [2.24, 2.45) is 0 Å². The Morgan fingerprint density at radius 1 is 0.500 bits per heavy atom. The van der Waals surface area contributed by atoms with Crippen LogP contribution in [0.5, 0.6) is 0 Å². The maximum absolute atomic E-state index is 2.27. The molecule has 0 spiro atoms. The molecule has 2 nitrogen and oxygen atoms in total.